The Bertz CT molecular complexity index is 418. The van der Waals surface area contributed by atoms with E-state index >= 15 is 0 Å². The fourth-order valence-electron chi connectivity index (χ4n) is 3.69. The minimum atomic E-state index is 0. The Kier molecular flexibility index (Phi) is 10.8. The van der Waals surface area contributed by atoms with Crippen LogP contribution in [0.5, 0.6) is 0 Å². The molecule has 0 aromatic heterocycles. The quantitative estimate of drug-likeness (QED) is 0.263. The smallest absolute Gasteiger partial charge is 0.223 e. The molecule has 6 heteroatoms. The van der Waals surface area contributed by atoms with Crippen molar-refractivity contribution in [3.8, 4) is 0 Å². The highest BCUT2D eigenvalue weighted by Gasteiger charge is 2.24. The van der Waals surface area contributed by atoms with Crippen molar-refractivity contribution in [2.24, 2.45) is 22.7 Å². The molecule has 5 nitrogen and oxygen atoms in total. The first-order chi connectivity index (χ1) is 11.6. The lowest BCUT2D eigenvalue weighted by Gasteiger charge is -2.31. The van der Waals surface area contributed by atoms with Gasteiger partial charge in [0.05, 0.1) is 0 Å². The molecule has 0 heterocycles. The molecule has 0 radical (unpaired) electrons. The summed E-state index contributed by atoms with van der Waals surface area (Å²) in [5, 5.41) is 6.47. The summed E-state index contributed by atoms with van der Waals surface area (Å²) in [6.45, 7) is 5.06. The van der Waals surface area contributed by atoms with E-state index < -0.39 is 0 Å². The van der Waals surface area contributed by atoms with Crippen LogP contribution in [0.2, 0.25) is 0 Å². The molecule has 0 spiro atoms. The zero-order valence-electron chi connectivity index (χ0n) is 16.2. The van der Waals surface area contributed by atoms with Gasteiger partial charge in [0.1, 0.15) is 0 Å². The number of hydrogen-bond donors (Lipinski definition) is 2. The SMILES string of the molecule is CN=C(NCCCNC(=O)C1CCC1)N(C)CC1CCC(C)CC1.I. The molecule has 0 bridgehead atoms. The van der Waals surface area contributed by atoms with E-state index in [0.29, 0.717) is 0 Å². The largest absolute Gasteiger partial charge is 0.356 e. The second-order valence-electron chi connectivity index (χ2n) is 7.75. The van der Waals surface area contributed by atoms with E-state index in [0.717, 1.165) is 56.7 Å². The van der Waals surface area contributed by atoms with Crippen LogP contribution < -0.4 is 10.6 Å². The van der Waals surface area contributed by atoms with E-state index in [1.54, 1.807) is 0 Å². The lowest BCUT2D eigenvalue weighted by molar-refractivity contribution is -0.127. The highest BCUT2D eigenvalue weighted by atomic mass is 127. The Balaban J connectivity index is 0.00000312. The first-order valence-corrected chi connectivity index (χ1v) is 9.79. The average molecular weight is 464 g/mol. The number of hydrogen-bond acceptors (Lipinski definition) is 2. The van der Waals surface area contributed by atoms with Gasteiger partial charge in [0.25, 0.3) is 0 Å². The van der Waals surface area contributed by atoms with E-state index in [9.17, 15) is 4.79 Å². The minimum absolute atomic E-state index is 0. The number of halogens is 1. The van der Waals surface area contributed by atoms with Gasteiger partial charge in [0, 0.05) is 39.6 Å². The summed E-state index contributed by atoms with van der Waals surface area (Å²) in [5.41, 5.74) is 0. The highest BCUT2D eigenvalue weighted by Crippen LogP contribution is 2.28. The van der Waals surface area contributed by atoms with E-state index in [-0.39, 0.29) is 35.8 Å². The zero-order chi connectivity index (χ0) is 17.4. The molecule has 25 heavy (non-hydrogen) atoms. The summed E-state index contributed by atoms with van der Waals surface area (Å²) in [6.07, 6.45) is 9.71. The van der Waals surface area contributed by atoms with Crippen LogP contribution >= 0.6 is 24.0 Å². The van der Waals surface area contributed by atoms with Crippen molar-refractivity contribution in [2.45, 2.75) is 58.3 Å². The maximum absolute atomic E-state index is 11.8. The van der Waals surface area contributed by atoms with Gasteiger partial charge < -0.3 is 15.5 Å². The number of aliphatic imine (C=N–C) groups is 1. The van der Waals surface area contributed by atoms with Crippen LogP contribution in [0, 0.1) is 17.8 Å². The third-order valence-electron chi connectivity index (χ3n) is 5.65. The van der Waals surface area contributed by atoms with E-state index in [1.807, 2.05) is 7.05 Å². The van der Waals surface area contributed by atoms with Crippen LogP contribution in [0.25, 0.3) is 0 Å². The predicted octanol–water partition coefficient (Wildman–Crippen LogP) is 3.24. The Hall–Kier alpha value is -0.530. The fraction of sp³-hybridized carbons (Fsp3) is 0.895. The Morgan fingerprint density at radius 2 is 1.72 bits per heavy atom. The molecule has 0 unspecified atom stereocenters. The van der Waals surface area contributed by atoms with Gasteiger partial charge in [0.2, 0.25) is 5.91 Å². The topological polar surface area (TPSA) is 56.7 Å². The van der Waals surface area contributed by atoms with Crippen molar-refractivity contribution in [3.05, 3.63) is 0 Å². The number of carbonyl (C=O) groups is 1. The van der Waals surface area contributed by atoms with Gasteiger partial charge in [-0.05, 0) is 43.9 Å². The molecule has 0 atom stereocenters. The van der Waals surface area contributed by atoms with Gasteiger partial charge in [-0.25, -0.2) is 0 Å². The number of amides is 1. The van der Waals surface area contributed by atoms with Gasteiger partial charge in [-0.1, -0.05) is 26.2 Å². The second kappa shape index (κ2) is 12.0. The summed E-state index contributed by atoms with van der Waals surface area (Å²) >= 11 is 0. The summed E-state index contributed by atoms with van der Waals surface area (Å²) in [4.78, 5) is 18.4. The van der Waals surface area contributed by atoms with Crippen molar-refractivity contribution >= 4 is 35.8 Å². The molecule has 0 aromatic carbocycles. The fourth-order valence-corrected chi connectivity index (χ4v) is 3.69. The van der Waals surface area contributed by atoms with Crippen molar-refractivity contribution < 1.29 is 4.79 Å². The van der Waals surface area contributed by atoms with E-state index in [2.05, 4.69) is 34.5 Å². The highest BCUT2D eigenvalue weighted by molar-refractivity contribution is 14.0. The summed E-state index contributed by atoms with van der Waals surface area (Å²) in [6, 6.07) is 0. The predicted molar refractivity (Wildman–Crippen MR) is 115 cm³/mol. The van der Waals surface area contributed by atoms with Crippen LogP contribution in [-0.4, -0.2) is 50.5 Å². The normalized spacial score (nSPS) is 24.0. The van der Waals surface area contributed by atoms with Gasteiger partial charge >= 0.3 is 0 Å². The van der Waals surface area contributed by atoms with Crippen molar-refractivity contribution in [2.75, 3.05) is 33.7 Å². The molecule has 1 amide bonds. The van der Waals surface area contributed by atoms with Gasteiger partial charge in [-0.15, -0.1) is 24.0 Å². The van der Waals surface area contributed by atoms with E-state index in [4.69, 9.17) is 0 Å². The van der Waals surface area contributed by atoms with Crippen LogP contribution in [-0.2, 0) is 4.79 Å². The molecule has 2 fully saturated rings. The summed E-state index contributed by atoms with van der Waals surface area (Å²) in [7, 11) is 3.98. The van der Waals surface area contributed by atoms with Crippen LogP contribution in [0.4, 0.5) is 0 Å². The van der Waals surface area contributed by atoms with Crippen LogP contribution in [0.1, 0.15) is 58.3 Å². The summed E-state index contributed by atoms with van der Waals surface area (Å²) < 4.78 is 0. The van der Waals surface area contributed by atoms with Gasteiger partial charge in [-0.2, -0.15) is 0 Å². The Morgan fingerprint density at radius 1 is 1.08 bits per heavy atom. The van der Waals surface area contributed by atoms with Crippen molar-refractivity contribution in [1.29, 1.82) is 0 Å². The third-order valence-corrected chi connectivity index (χ3v) is 5.65. The Morgan fingerprint density at radius 3 is 2.28 bits per heavy atom. The number of nitrogens with one attached hydrogen (secondary N) is 2. The maximum atomic E-state index is 11.8. The van der Waals surface area contributed by atoms with Crippen LogP contribution in [0.15, 0.2) is 4.99 Å². The third kappa shape index (κ3) is 7.71. The van der Waals surface area contributed by atoms with Gasteiger partial charge in [-0.3, -0.25) is 9.79 Å². The van der Waals surface area contributed by atoms with Crippen LogP contribution in [0.3, 0.4) is 0 Å². The molecule has 0 saturated heterocycles. The van der Waals surface area contributed by atoms with E-state index in [1.165, 1.54) is 32.1 Å². The lowest BCUT2D eigenvalue weighted by Crippen LogP contribution is -2.43. The molecule has 2 N–H and O–H groups in total. The Labute approximate surface area is 170 Å². The molecular formula is C19H37IN4O. The molecule has 0 aromatic rings. The lowest BCUT2D eigenvalue weighted by atomic mass is 9.83. The number of guanidine groups is 1. The zero-order valence-corrected chi connectivity index (χ0v) is 18.6. The summed E-state index contributed by atoms with van der Waals surface area (Å²) in [5.74, 6) is 3.20. The molecule has 146 valence electrons. The molecule has 2 rings (SSSR count). The average Bonchev–Trinajstić information content (AvgIpc) is 2.51. The second-order valence-corrected chi connectivity index (χ2v) is 7.75. The number of carbonyl (C=O) groups excluding carboxylic acids is 1. The number of nitrogens with zero attached hydrogens (tertiary/aromatic N) is 2. The first kappa shape index (κ1) is 22.5. The van der Waals surface area contributed by atoms with Crippen molar-refractivity contribution in [1.82, 2.24) is 15.5 Å². The monoisotopic (exact) mass is 464 g/mol. The molecular weight excluding hydrogens is 427 g/mol. The minimum Gasteiger partial charge on any atom is -0.356 e. The number of rotatable bonds is 7. The maximum Gasteiger partial charge on any atom is 0.223 e. The van der Waals surface area contributed by atoms with Gasteiger partial charge in [0.15, 0.2) is 5.96 Å². The first-order valence-electron chi connectivity index (χ1n) is 9.79. The standard InChI is InChI=1S/C19H36N4O.HI/c1-15-8-10-16(11-9-15)14-23(3)19(20-2)22-13-5-12-21-18(24)17-6-4-7-17;/h15-17H,4-14H2,1-3H3,(H,20,22)(H,21,24);1H. The molecule has 0 aliphatic heterocycles. The van der Waals surface area contributed by atoms with Crippen molar-refractivity contribution in [3.63, 3.8) is 0 Å². The molecule has 2 aliphatic carbocycles. The molecule has 2 aliphatic rings. The molecule has 2 saturated carbocycles.